The number of carbonyl (C=O) groups is 9. The Kier molecular flexibility index (Phi) is 23.9. The topological polar surface area (TPSA) is 387 Å². The highest BCUT2D eigenvalue weighted by Crippen LogP contribution is 2.24. The first-order valence-corrected chi connectivity index (χ1v) is 29.0. The summed E-state index contributed by atoms with van der Waals surface area (Å²) in [4.78, 5) is 144. The number of aromatic amines is 2. The lowest BCUT2D eigenvalue weighted by molar-refractivity contribution is -0.146. The summed E-state index contributed by atoms with van der Waals surface area (Å²) in [5.41, 5.74) is 20.3. The Morgan fingerprint density at radius 3 is 1.88 bits per heavy atom. The van der Waals surface area contributed by atoms with E-state index < -0.39 is 114 Å². The number of rotatable bonds is 30. The second kappa shape index (κ2) is 30.9. The number of para-hydroxylation sites is 1. The number of nitrogens with two attached hydrogens (primary N) is 3. The number of nitrogens with one attached hydrogen (secondary N) is 8. The van der Waals surface area contributed by atoms with Crippen LogP contribution in [0.5, 0.6) is 0 Å². The summed E-state index contributed by atoms with van der Waals surface area (Å²) in [5, 5.41) is 27.2. The molecule has 0 radical (unpaired) electrons. The molecule has 450 valence electrons. The van der Waals surface area contributed by atoms with E-state index in [2.05, 4.69) is 64.5 Å². The van der Waals surface area contributed by atoms with Crippen molar-refractivity contribution in [2.75, 3.05) is 25.4 Å². The molecule has 4 aromatic rings. The van der Waals surface area contributed by atoms with Gasteiger partial charge in [-0.3, -0.25) is 43.3 Å². The third-order valence-corrected chi connectivity index (χ3v) is 15.9. The summed E-state index contributed by atoms with van der Waals surface area (Å²) in [6, 6.07) is 5.90. The van der Waals surface area contributed by atoms with E-state index in [9.17, 15) is 48.3 Å². The van der Waals surface area contributed by atoms with Crippen molar-refractivity contribution in [2.24, 2.45) is 34.0 Å². The number of amides is 8. The van der Waals surface area contributed by atoms with E-state index in [0.29, 0.717) is 43.4 Å². The average Bonchev–Trinajstić information content (AvgIpc) is 4.39. The summed E-state index contributed by atoms with van der Waals surface area (Å²) in [6.07, 6.45) is 7.19. The second-order valence-electron chi connectivity index (χ2n) is 21.5. The Labute approximate surface area is 488 Å². The fourth-order valence-corrected chi connectivity index (χ4v) is 10.7. The minimum Gasteiger partial charge on any atom is -0.480 e. The summed E-state index contributed by atoms with van der Waals surface area (Å²) in [7, 11) is 0. The highest BCUT2D eigenvalue weighted by molar-refractivity contribution is 7.80. The van der Waals surface area contributed by atoms with Gasteiger partial charge in [0.05, 0.1) is 12.4 Å². The van der Waals surface area contributed by atoms with Gasteiger partial charge in [0.2, 0.25) is 47.3 Å². The van der Waals surface area contributed by atoms with Crippen molar-refractivity contribution >= 4 is 82.7 Å². The fourth-order valence-electron chi connectivity index (χ4n) is 10.4. The van der Waals surface area contributed by atoms with Crippen LogP contribution in [0.2, 0.25) is 0 Å². The molecule has 0 bridgehead atoms. The van der Waals surface area contributed by atoms with Gasteiger partial charge in [-0.05, 0) is 74.0 Å². The Morgan fingerprint density at radius 2 is 1.27 bits per heavy atom. The zero-order chi connectivity index (χ0) is 60.3. The van der Waals surface area contributed by atoms with E-state index >= 15 is 0 Å². The third-order valence-electron chi connectivity index (χ3n) is 15.6. The maximum absolute atomic E-state index is 14.8. The number of nitrogens with zero attached hydrogens (tertiary/aromatic N) is 4. The van der Waals surface area contributed by atoms with Gasteiger partial charge >= 0.3 is 5.97 Å². The number of aromatic nitrogens is 3. The van der Waals surface area contributed by atoms with Crippen LogP contribution in [0.4, 0.5) is 0 Å². The van der Waals surface area contributed by atoms with Crippen molar-refractivity contribution in [3.8, 4) is 0 Å². The maximum atomic E-state index is 14.8. The van der Waals surface area contributed by atoms with Gasteiger partial charge in [-0.1, -0.05) is 89.1 Å². The number of carboxylic acids is 1. The number of H-pyrrole nitrogens is 2. The number of carboxylic acid groups (broad SMARTS) is 1. The van der Waals surface area contributed by atoms with E-state index in [-0.39, 0.29) is 75.8 Å². The van der Waals surface area contributed by atoms with Gasteiger partial charge in [0, 0.05) is 67.2 Å². The summed E-state index contributed by atoms with van der Waals surface area (Å²) in [6.45, 7) is 7.63. The number of aliphatic imine (C=N–C) groups is 1. The maximum Gasteiger partial charge on any atom is 0.326 e. The first-order valence-electron chi connectivity index (χ1n) is 28.4. The SMILES string of the molecule is CC[C@H](C)[C@H](NC(=O)[C@@H]1CCCN1C(=O)[C@@H](NC(=O)[C@H](CS)NC(=O)[C@H](Cc1c[nH]c2ccccc12)NC(=O)[C@H](CCCN=C(N)N)NC(=O)[C@H](Cc1cnc[nH]1)NC(=O)[C@@H]1CCCN1C(=O)[C@@H](N)Cc1ccccc1)[C@@H](C)CC)C(=O)O. The Balaban J connectivity index is 1.22. The van der Waals surface area contributed by atoms with Crippen molar-refractivity contribution in [3.63, 3.8) is 0 Å². The molecular weight excluding hydrogens is 1090 g/mol. The van der Waals surface area contributed by atoms with Crippen LogP contribution in [-0.4, -0.2) is 169 Å². The van der Waals surface area contributed by atoms with Crippen LogP contribution in [0.15, 0.2) is 78.3 Å². The Hall–Kier alpha value is -8.00. The smallest absolute Gasteiger partial charge is 0.326 e. The molecule has 8 amide bonds. The van der Waals surface area contributed by atoms with Gasteiger partial charge in [-0.15, -0.1) is 0 Å². The van der Waals surface area contributed by atoms with Gasteiger partial charge < -0.3 is 74.0 Å². The second-order valence-corrected chi connectivity index (χ2v) is 21.8. The number of aliphatic carboxylic acids is 1. The first kappa shape index (κ1) is 64.2. The number of hydrogen-bond acceptors (Lipinski definition) is 13. The molecule has 2 aromatic heterocycles. The number of thiol groups is 1. The molecule has 2 aliphatic rings. The Morgan fingerprint density at radius 1 is 0.699 bits per heavy atom. The minimum absolute atomic E-state index is 0.0570. The molecule has 0 spiro atoms. The van der Waals surface area contributed by atoms with Crippen LogP contribution in [0, 0.1) is 11.8 Å². The summed E-state index contributed by atoms with van der Waals surface area (Å²) in [5.74, 6) is -7.87. The van der Waals surface area contributed by atoms with Crippen molar-refractivity contribution in [2.45, 2.75) is 153 Å². The molecule has 0 aliphatic carbocycles. The number of carbonyl (C=O) groups excluding carboxylic acids is 8. The molecular formula is C57H81N15O10S. The molecule has 0 saturated carbocycles. The molecule has 4 heterocycles. The lowest BCUT2D eigenvalue weighted by atomic mass is 9.96. The van der Waals surface area contributed by atoms with E-state index in [1.165, 1.54) is 22.3 Å². The van der Waals surface area contributed by atoms with Crippen LogP contribution >= 0.6 is 12.6 Å². The van der Waals surface area contributed by atoms with Gasteiger partial charge in [-0.2, -0.15) is 12.6 Å². The molecule has 2 aliphatic heterocycles. The molecule has 2 fully saturated rings. The van der Waals surface area contributed by atoms with E-state index in [1.54, 1.807) is 20.0 Å². The van der Waals surface area contributed by atoms with E-state index in [4.69, 9.17) is 17.2 Å². The predicted molar refractivity (Wildman–Crippen MR) is 314 cm³/mol. The third kappa shape index (κ3) is 17.5. The number of benzene rings is 2. The predicted octanol–water partition coefficient (Wildman–Crippen LogP) is 0.297. The minimum atomic E-state index is -1.41. The van der Waals surface area contributed by atoms with Crippen molar-refractivity contribution in [3.05, 3.63) is 90.1 Å². The molecule has 83 heavy (non-hydrogen) atoms. The standard InChI is InChI=1S/C57H81N15O10S/c1-5-32(3)46(55(80)72-24-14-21-45(72)53(78)70-47(56(81)82)33(4)6-2)69-51(76)43(30-83)68-49(74)41(26-35-28-63-39-18-11-10-17-37(35)39)66-48(73)40(19-12-22-62-57(59)60)65-50(75)42(27-36-29-61-31-64-36)67-52(77)44-20-13-23-71(44)54(79)38(58)25-34-15-8-7-9-16-34/h7-11,15-18,28-29,31-33,38,40-47,63,83H,5-6,12-14,19-27,30,58H2,1-4H3,(H,61,64)(H,65,75)(H,66,73)(H,67,77)(H,68,74)(H,69,76)(H,70,78)(H,81,82)(H4,59,60,62)/t32-,33-,38-,40-,41-,42-,43-,44-,45-,46-,47-/m0/s1. The molecule has 26 heteroatoms. The van der Waals surface area contributed by atoms with Crippen molar-refractivity contribution in [1.82, 2.24) is 56.7 Å². The summed E-state index contributed by atoms with van der Waals surface area (Å²) >= 11 is 4.43. The van der Waals surface area contributed by atoms with Crippen LogP contribution in [0.1, 0.15) is 95.9 Å². The average molecular weight is 1170 g/mol. The Bertz CT molecular complexity index is 2900. The molecule has 2 saturated heterocycles. The number of guanidine groups is 1. The van der Waals surface area contributed by atoms with Crippen LogP contribution in [0.3, 0.4) is 0 Å². The number of likely N-dealkylation sites (tertiary alicyclic amines) is 2. The lowest BCUT2D eigenvalue weighted by Crippen LogP contribution is -2.61. The van der Waals surface area contributed by atoms with Crippen molar-refractivity contribution in [1.29, 1.82) is 0 Å². The number of fused-ring (bicyclic) bond motifs is 1. The number of hydrogen-bond donors (Lipinski definition) is 13. The molecule has 0 unspecified atom stereocenters. The monoisotopic (exact) mass is 1170 g/mol. The van der Waals surface area contributed by atoms with Crippen LogP contribution in [-0.2, 0) is 62.4 Å². The quantitative estimate of drug-likeness (QED) is 0.0145. The largest absolute Gasteiger partial charge is 0.480 e. The van der Waals surface area contributed by atoms with Gasteiger partial charge in [0.1, 0.15) is 48.3 Å². The molecule has 25 nitrogen and oxygen atoms in total. The highest BCUT2D eigenvalue weighted by atomic mass is 32.1. The molecule has 11 atom stereocenters. The lowest BCUT2D eigenvalue weighted by Gasteiger charge is -2.33. The first-order chi connectivity index (χ1) is 39.7. The zero-order valence-corrected chi connectivity index (χ0v) is 48.4. The van der Waals surface area contributed by atoms with Gasteiger partial charge in [0.25, 0.3) is 0 Å². The van der Waals surface area contributed by atoms with Gasteiger partial charge in [0.15, 0.2) is 5.96 Å². The molecule has 15 N–H and O–H groups in total. The summed E-state index contributed by atoms with van der Waals surface area (Å²) < 4.78 is 0. The van der Waals surface area contributed by atoms with Gasteiger partial charge in [-0.25, -0.2) is 9.78 Å². The fraction of sp³-hybridized carbons (Fsp3) is 0.526. The normalized spacial score (nSPS) is 18.2. The van der Waals surface area contributed by atoms with E-state index in [0.717, 1.165) is 16.5 Å². The van der Waals surface area contributed by atoms with Crippen LogP contribution < -0.4 is 49.1 Å². The molecule has 6 rings (SSSR count). The zero-order valence-electron chi connectivity index (χ0n) is 47.5. The number of imidazole rings is 1. The van der Waals surface area contributed by atoms with E-state index in [1.807, 2.05) is 68.4 Å². The van der Waals surface area contributed by atoms with Crippen LogP contribution in [0.25, 0.3) is 10.9 Å². The highest BCUT2D eigenvalue weighted by Gasteiger charge is 2.42. The molecule has 2 aromatic carbocycles. The van der Waals surface area contributed by atoms with Crippen molar-refractivity contribution < 1.29 is 48.3 Å².